The third-order valence-electron chi connectivity index (χ3n) is 6.98. The van der Waals surface area contributed by atoms with Crippen molar-refractivity contribution in [2.45, 2.75) is 44.4 Å². The lowest BCUT2D eigenvalue weighted by atomic mass is 9.36. The Balaban J connectivity index is 1.86. The fourth-order valence-corrected chi connectivity index (χ4v) is 5.14. The largest absolute Gasteiger partial charge is 0.196 e. The van der Waals surface area contributed by atoms with Gasteiger partial charge >= 0.3 is 0 Å². The Morgan fingerprint density at radius 3 is 1.76 bits per heavy atom. The minimum atomic E-state index is -1.69. The predicted molar refractivity (Wildman–Crippen MR) is 107 cm³/mol. The Morgan fingerprint density at radius 1 is 0.690 bits per heavy atom. The third kappa shape index (κ3) is 2.40. The summed E-state index contributed by atoms with van der Waals surface area (Å²) in [5.41, 5.74) is 1.55. The van der Waals surface area contributed by atoms with Crippen molar-refractivity contribution in [3.05, 3.63) is 70.3 Å². The van der Waals surface area contributed by atoms with Crippen LogP contribution in [0.25, 0.3) is 0 Å². The van der Waals surface area contributed by atoms with Crippen LogP contribution in [-0.4, -0.2) is 0 Å². The molecule has 4 heteroatoms. The van der Waals surface area contributed by atoms with Gasteiger partial charge in [-0.1, -0.05) is 49.4 Å². The maximum atomic E-state index is 10.0. The Labute approximate surface area is 171 Å². The highest BCUT2D eigenvalue weighted by atomic mass is 14.7. The number of hydrogen-bond donors (Lipinski definition) is 0. The van der Waals surface area contributed by atoms with E-state index in [4.69, 9.17) is 0 Å². The number of hydrogen-bond acceptors (Lipinski definition) is 4. The minimum absolute atomic E-state index is 0.193. The zero-order valence-corrected chi connectivity index (χ0v) is 16.4. The molecule has 0 radical (unpaired) electrons. The lowest BCUT2D eigenvalue weighted by Crippen LogP contribution is -2.65. The number of aryl methyl sites for hydroxylation is 4. The molecule has 0 spiro atoms. The van der Waals surface area contributed by atoms with E-state index in [0.29, 0.717) is 0 Å². The van der Waals surface area contributed by atoms with E-state index in [-0.39, 0.29) is 6.42 Å². The zero-order valence-electron chi connectivity index (χ0n) is 16.4. The highest BCUT2D eigenvalue weighted by Crippen LogP contribution is 2.68. The van der Waals surface area contributed by atoms with E-state index in [2.05, 4.69) is 54.6 Å². The van der Waals surface area contributed by atoms with Gasteiger partial charge in [0.2, 0.25) is 0 Å². The maximum Gasteiger partial charge on any atom is 0.184 e. The van der Waals surface area contributed by atoms with Crippen LogP contribution in [0.2, 0.25) is 0 Å². The lowest BCUT2D eigenvalue weighted by Gasteiger charge is -2.57. The van der Waals surface area contributed by atoms with E-state index in [0.717, 1.165) is 42.4 Å². The van der Waals surface area contributed by atoms with Gasteiger partial charge in [0.25, 0.3) is 0 Å². The summed E-state index contributed by atoms with van der Waals surface area (Å²) >= 11 is 0. The van der Waals surface area contributed by atoms with E-state index in [9.17, 15) is 21.0 Å². The fourth-order valence-electron chi connectivity index (χ4n) is 5.14. The molecule has 1 atom stereocenters. The summed E-state index contributed by atoms with van der Waals surface area (Å²) in [6.45, 7) is 1.87. The molecule has 5 aliphatic carbocycles. The van der Waals surface area contributed by atoms with Crippen LogP contribution in [0.3, 0.4) is 0 Å². The van der Waals surface area contributed by atoms with Crippen molar-refractivity contribution in [2.75, 3.05) is 0 Å². The molecule has 1 unspecified atom stereocenters. The molecule has 0 saturated heterocycles. The van der Waals surface area contributed by atoms with Gasteiger partial charge in [-0.2, -0.15) is 21.0 Å². The van der Waals surface area contributed by atoms with E-state index in [1.807, 2.05) is 19.1 Å². The number of rotatable bonds is 1. The zero-order chi connectivity index (χ0) is 20.7. The Morgan fingerprint density at radius 2 is 1.21 bits per heavy atom. The summed E-state index contributed by atoms with van der Waals surface area (Å²) in [7, 11) is 0. The Kier molecular flexibility index (Phi) is 4.19. The summed E-state index contributed by atoms with van der Waals surface area (Å²) in [5, 5.41) is 39.4. The first-order chi connectivity index (χ1) is 14.0. The lowest BCUT2D eigenvalue weighted by molar-refractivity contribution is 0.00797. The molecule has 4 nitrogen and oxygen atoms in total. The van der Waals surface area contributed by atoms with E-state index < -0.39 is 16.2 Å². The van der Waals surface area contributed by atoms with Crippen LogP contribution in [0.4, 0.5) is 0 Å². The SMILES string of the molecule is CC1(c2cc3ccc2CCc2ccc(cc2)CC3)CC(C#N)(C#N)C1(C#N)C#N. The molecule has 0 N–H and O–H groups in total. The van der Waals surface area contributed by atoms with Gasteiger partial charge < -0.3 is 0 Å². The van der Waals surface area contributed by atoms with Crippen LogP contribution in [0.1, 0.15) is 41.2 Å². The molecule has 0 aliphatic heterocycles. The molecular formula is C25H20N4. The summed E-state index contributed by atoms with van der Waals surface area (Å²) in [6, 6.07) is 23.2. The molecule has 7 rings (SSSR count). The van der Waals surface area contributed by atoms with E-state index in [1.54, 1.807) is 0 Å². The first kappa shape index (κ1) is 18.7. The van der Waals surface area contributed by atoms with Gasteiger partial charge in [0.05, 0.1) is 24.3 Å². The molecule has 1 saturated carbocycles. The van der Waals surface area contributed by atoms with Gasteiger partial charge in [-0.05, 0) is 59.9 Å². The molecule has 4 bridgehead atoms. The highest BCUT2D eigenvalue weighted by Gasteiger charge is 2.76. The standard InChI is InChI=1S/C25H20N4/c1-23(13-24(14-26,15-27)25(23,16-28)17-29)22-12-20-7-6-18-2-4-19(5-3-18)8-10-21(22)11-9-20/h2-5,9,11-12H,6-8,10,13H2,1H3. The van der Waals surface area contributed by atoms with Gasteiger partial charge in [-0.25, -0.2) is 0 Å². The summed E-state index contributed by atoms with van der Waals surface area (Å²) in [5.74, 6) is 0. The normalized spacial score (nSPS) is 23.2. The van der Waals surface area contributed by atoms with Crippen LogP contribution < -0.4 is 0 Å². The molecule has 140 valence electrons. The van der Waals surface area contributed by atoms with Crippen LogP contribution in [0, 0.1) is 56.2 Å². The van der Waals surface area contributed by atoms with Gasteiger partial charge in [0, 0.05) is 5.41 Å². The van der Waals surface area contributed by atoms with Gasteiger partial charge in [-0.15, -0.1) is 0 Å². The monoisotopic (exact) mass is 376 g/mol. The molecule has 29 heavy (non-hydrogen) atoms. The molecule has 5 aliphatic rings. The highest BCUT2D eigenvalue weighted by molar-refractivity contribution is 5.55. The summed E-state index contributed by atoms with van der Waals surface area (Å²) in [6.07, 6.45) is 3.60. The average molecular weight is 376 g/mol. The van der Waals surface area contributed by atoms with Crippen molar-refractivity contribution in [2.24, 2.45) is 10.8 Å². The van der Waals surface area contributed by atoms with Crippen molar-refractivity contribution >= 4 is 0 Å². The van der Waals surface area contributed by atoms with Gasteiger partial charge in [0.1, 0.15) is 0 Å². The van der Waals surface area contributed by atoms with Crippen LogP contribution in [-0.2, 0) is 31.1 Å². The molecule has 0 amide bonds. The van der Waals surface area contributed by atoms with Crippen molar-refractivity contribution in [1.29, 1.82) is 21.0 Å². The minimum Gasteiger partial charge on any atom is -0.196 e. The van der Waals surface area contributed by atoms with E-state index >= 15 is 0 Å². The third-order valence-corrected chi connectivity index (χ3v) is 6.98. The summed E-state index contributed by atoms with van der Waals surface area (Å²) in [4.78, 5) is 0. The second kappa shape index (κ2) is 6.48. The van der Waals surface area contributed by atoms with E-state index in [1.165, 1.54) is 11.1 Å². The smallest absolute Gasteiger partial charge is 0.184 e. The molecule has 2 aromatic rings. The number of nitrogens with zero attached hydrogens (tertiary/aromatic N) is 4. The molecule has 0 heterocycles. The predicted octanol–water partition coefficient (Wildman–Crippen LogP) is 4.30. The van der Waals surface area contributed by atoms with Crippen LogP contribution in [0.15, 0.2) is 42.5 Å². The second-order valence-corrected chi connectivity index (χ2v) is 8.42. The second-order valence-electron chi connectivity index (χ2n) is 8.42. The topological polar surface area (TPSA) is 95.2 Å². The molecule has 2 aromatic carbocycles. The number of benzene rings is 2. The van der Waals surface area contributed by atoms with Crippen molar-refractivity contribution in [1.82, 2.24) is 0 Å². The fraction of sp³-hybridized carbons (Fsp3) is 0.360. The average Bonchev–Trinajstić information content (AvgIpc) is 2.74. The maximum absolute atomic E-state index is 10.0. The first-order valence-corrected chi connectivity index (χ1v) is 9.83. The van der Waals surface area contributed by atoms with Gasteiger partial charge in [-0.3, -0.25) is 0 Å². The van der Waals surface area contributed by atoms with Crippen molar-refractivity contribution < 1.29 is 0 Å². The molecule has 0 aromatic heterocycles. The number of nitriles is 4. The van der Waals surface area contributed by atoms with Crippen LogP contribution >= 0.6 is 0 Å². The Hall–Kier alpha value is -3.60. The van der Waals surface area contributed by atoms with Gasteiger partial charge in [0.15, 0.2) is 10.8 Å². The van der Waals surface area contributed by atoms with Crippen molar-refractivity contribution in [3.8, 4) is 24.3 Å². The molecule has 1 fully saturated rings. The Bertz CT molecular complexity index is 1120. The molecular weight excluding hydrogens is 356 g/mol. The summed E-state index contributed by atoms with van der Waals surface area (Å²) < 4.78 is 0. The quantitative estimate of drug-likeness (QED) is 0.741. The van der Waals surface area contributed by atoms with Crippen molar-refractivity contribution in [3.63, 3.8) is 0 Å². The first-order valence-electron chi connectivity index (χ1n) is 9.83. The van der Waals surface area contributed by atoms with Crippen LogP contribution in [0.5, 0.6) is 0 Å².